The number of hydrogen-bond acceptors (Lipinski definition) is 9. The molecule has 3 saturated heterocycles. The first-order valence-electron chi connectivity index (χ1n) is 17.0. The zero-order valence-electron chi connectivity index (χ0n) is 27.1. The fourth-order valence-electron chi connectivity index (χ4n) is 9.16. The SMILES string of the molecule is C=N/C1=C2/C=NC(=C(F)/C2=N/COCC23CCCN2CCC3)c2c3c(cc(C)c2C2CC2CCC(=O)N[C@]2(C)CCN1C2)NNC3. The van der Waals surface area contributed by atoms with Crippen LogP contribution < -0.4 is 16.2 Å². The fourth-order valence-corrected chi connectivity index (χ4v) is 9.16. The van der Waals surface area contributed by atoms with Gasteiger partial charge >= 0.3 is 0 Å². The number of benzene rings is 1. The normalized spacial score (nSPS) is 32.4. The van der Waals surface area contributed by atoms with Crippen molar-refractivity contribution in [3.8, 4) is 0 Å². The minimum Gasteiger partial charge on any atom is -0.357 e. The summed E-state index contributed by atoms with van der Waals surface area (Å²) >= 11 is 0. The Hall–Kier alpha value is -3.41. The van der Waals surface area contributed by atoms with Crippen LogP contribution in [0.4, 0.5) is 10.1 Å². The van der Waals surface area contributed by atoms with Crippen LogP contribution in [0.3, 0.4) is 0 Å². The molecule has 2 unspecified atom stereocenters. The summed E-state index contributed by atoms with van der Waals surface area (Å²) in [6.45, 7) is 12.7. The van der Waals surface area contributed by atoms with Crippen LogP contribution >= 0.6 is 0 Å². The van der Waals surface area contributed by atoms with Crippen molar-refractivity contribution in [2.24, 2.45) is 20.9 Å². The molecule has 4 bridgehead atoms. The summed E-state index contributed by atoms with van der Waals surface area (Å²) in [7, 11) is 0. The second-order valence-electron chi connectivity index (χ2n) is 14.6. The van der Waals surface area contributed by atoms with E-state index < -0.39 is 11.4 Å². The number of anilines is 1. The lowest BCUT2D eigenvalue weighted by Gasteiger charge is -2.31. The lowest BCUT2D eigenvalue weighted by Crippen LogP contribution is -2.47. The van der Waals surface area contributed by atoms with Crippen molar-refractivity contribution >= 4 is 35.9 Å². The van der Waals surface area contributed by atoms with E-state index in [0.29, 0.717) is 55.7 Å². The minimum absolute atomic E-state index is 0.0494. The first-order chi connectivity index (χ1) is 22.3. The van der Waals surface area contributed by atoms with Gasteiger partial charge in [-0.15, -0.1) is 0 Å². The molecular formula is C35H45FN8O2. The van der Waals surface area contributed by atoms with Gasteiger partial charge in [-0.2, -0.15) is 0 Å². The maximum Gasteiger partial charge on any atom is 0.220 e. The van der Waals surface area contributed by atoms with Gasteiger partial charge in [0.1, 0.15) is 24.0 Å². The van der Waals surface area contributed by atoms with Crippen molar-refractivity contribution in [2.75, 3.05) is 44.9 Å². The van der Waals surface area contributed by atoms with Gasteiger partial charge in [0.25, 0.3) is 0 Å². The van der Waals surface area contributed by atoms with Gasteiger partial charge in [0.05, 0.1) is 23.4 Å². The topological polar surface area (TPSA) is 106 Å². The number of nitrogens with one attached hydrogen (secondary N) is 3. The van der Waals surface area contributed by atoms with Gasteiger partial charge in [0.2, 0.25) is 5.91 Å². The third-order valence-electron chi connectivity index (χ3n) is 11.5. The molecule has 10 nitrogen and oxygen atoms in total. The first-order valence-corrected chi connectivity index (χ1v) is 17.0. The van der Waals surface area contributed by atoms with E-state index in [4.69, 9.17) is 14.7 Å². The molecule has 7 heterocycles. The van der Waals surface area contributed by atoms with E-state index in [1.54, 1.807) is 6.21 Å². The number of hydrazine groups is 1. The van der Waals surface area contributed by atoms with E-state index >= 15 is 4.39 Å². The van der Waals surface area contributed by atoms with Crippen molar-refractivity contribution in [1.82, 2.24) is 20.5 Å². The predicted molar refractivity (Wildman–Crippen MR) is 179 cm³/mol. The highest BCUT2D eigenvalue weighted by atomic mass is 19.1. The third kappa shape index (κ3) is 5.02. The molecular weight excluding hydrogens is 583 g/mol. The molecule has 4 fully saturated rings. The van der Waals surface area contributed by atoms with E-state index in [9.17, 15) is 4.79 Å². The molecule has 0 spiro atoms. The molecule has 9 rings (SSSR count). The molecule has 1 aromatic carbocycles. The number of aryl methyl sites for hydroxylation is 1. The quantitative estimate of drug-likeness (QED) is 0.326. The second kappa shape index (κ2) is 11.4. The maximum absolute atomic E-state index is 17.3. The minimum atomic E-state index is -0.454. The van der Waals surface area contributed by atoms with Gasteiger partial charge in [-0.1, -0.05) is 0 Å². The fraction of sp³-hybridized carbons (Fsp3) is 0.600. The molecule has 7 aliphatic heterocycles. The Morgan fingerprint density at radius 3 is 2.85 bits per heavy atom. The summed E-state index contributed by atoms with van der Waals surface area (Å²) in [6.07, 6.45) is 9.41. The number of fused-ring (bicyclic) bond motifs is 6. The van der Waals surface area contributed by atoms with E-state index in [1.165, 1.54) is 12.8 Å². The highest BCUT2D eigenvalue weighted by Crippen LogP contribution is 2.55. The summed E-state index contributed by atoms with van der Waals surface area (Å²) in [4.78, 5) is 31.9. The summed E-state index contributed by atoms with van der Waals surface area (Å²) in [5.41, 5.74) is 12.2. The van der Waals surface area contributed by atoms with Crippen LogP contribution in [0.2, 0.25) is 0 Å². The molecule has 3 N–H and O–H groups in total. The molecule has 3 atom stereocenters. The van der Waals surface area contributed by atoms with E-state index in [2.05, 4.69) is 57.6 Å². The number of aliphatic imine (C=N–C) groups is 3. The number of amides is 1. The average Bonchev–Trinajstić information content (AvgIpc) is 3.40. The molecule has 1 amide bonds. The molecule has 0 aromatic heterocycles. The van der Waals surface area contributed by atoms with E-state index in [1.807, 2.05) is 0 Å². The van der Waals surface area contributed by atoms with Gasteiger partial charge < -0.3 is 20.4 Å². The van der Waals surface area contributed by atoms with Gasteiger partial charge in [-0.05, 0) is 108 Å². The largest absolute Gasteiger partial charge is 0.357 e. The lowest BCUT2D eigenvalue weighted by atomic mass is 9.87. The van der Waals surface area contributed by atoms with Crippen LogP contribution in [0, 0.1) is 12.8 Å². The standard InChI is InChI=1S/C35H45FN8O2/c1-21-14-26-24(17-40-42-26)29-28(21)23-15-22(23)6-7-27(45)41-34(2)10-13-43(18-34)33(37-3)25-16-38-32(29)30(36)31(25)39-20-46-19-35-8-4-11-44(35)12-5-9-35/h14,16,22-23,40,42H,3-13,15,17-20H2,1-2H3,(H,41,45)/b33-25+,39-31+/t22?,23?,34-/m1/s1. The van der Waals surface area contributed by atoms with Crippen molar-refractivity contribution in [3.63, 3.8) is 0 Å². The number of nitrogens with zero attached hydrogens (tertiary/aromatic N) is 5. The number of rotatable bonds is 5. The number of carbonyl (C=O) groups excluding carboxylic acids is 1. The van der Waals surface area contributed by atoms with Crippen LogP contribution in [0.25, 0.3) is 5.70 Å². The zero-order chi connectivity index (χ0) is 31.6. The van der Waals surface area contributed by atoms with Gasteiger partial charge in [0.15, 0.2) is 5.83 Å². The molecule has 11 heteroatoms. The van der Waals surface area contributed by atoms with Crippen LogP contribution in [-0.2, 0) is 16.1 Å². The van der Waals surface area contributed by atoms with E-state index in [-0.39, 0.29) is 29.8 Å². The summed E-state index contributed by atoms with van der Waals surface area (Å²) < 4.78 is 23.5. The van der Waals surface area contributed by atoms with Crippen LogP contribution in [0.5, 0.6) is 0 Å². The van der Waals surface area contributed by atoms with Crippen LogP contribution in [0.1, 0.15) is 86.5 Å². The Bertz CT molecular complexity index is 1600. The molecule has 1 aliphatic carbocycles. The summed E-state index contributed by atoms with van der Waals surface area (Å²) in [5.74, 6) is 0.781. The Labute approximate surface area is 270 Å². The molecule has 0 radical (unpaired) electrons. The third-order valence-corrected chi connectivity index (χ3v) is 11.5. The first kappa shape index (κ1) is 30.0. The molecule has 244 valence electrons. The number of allylic oxidation sites excluding steroid dienone is 2. The highest BCUT2D eigenvalue weighted by Gasteiger charge is 2.46. The summed E-state index contributed by atoms with van der Waals surface area (Å²) in [5, 5.41) is 3.31. The average molecular weight is 629 g/mol. The maximum atomic E-state index is 17.3. The molecule has 1 saturated carbocycles. The Kier molecular flexibility index (Phi) is 7.41. The number of halogens is 1. The van der Waals surface area contributed by atoms with Crippen molar-refractivity contribution in [1.29, 1.82) is 0 Å². The number of hydrogen-bond donors (Lipinski definition) is 3. The lowest BCUT2D eigenvalue weighted by molar-refractivity contribution is -0.122. The van der Waals surface area contributed by atoms with Crippen molar-refractivity contribution < 1.29 is 13.9 Å². The zero-order valence-corrected chi connectivity index (χ0v) is 27.1. The monoisotopic (exact) mass is 628 g/mol. The Morgan fingerprint density at radius 2 is 2.04 bits per heavy atom. The molecule has 46 heavy (non-hydrogen) atoms. The Balaban J connectivity index is 1.23. The van der Waals surface area contributed by atoms with Gasteiger partial charge in [0, 0.05) is 48.9 Å². The van der Waals surface area contributed by atoms with Crippen LogP contribution in [-0.4, -0.2) is 84.9 Å². The van der Waals surface area contributed by atoms with Crippen molar-refractivity contribution in [3.05, 3.63) is 45.5 Å². The van der Waals surface area contributed by atoms with Crippen LogP contribution in [0.15, 0.2) is 38.3 Å². The highest BCUT2D eigenvalue weighted by molar-refractivity contribution is 6.28. The predicted octanol–water partition coefficient (Wildman–Crippen LogP) is 4.58. The number of carbonyl (C=O) groups is 1. The number of ether oxygens (including phenoxy) is 1. The molecule has 8 aliphatic rings. The smallest absolute Gasteiger partial charge is 0.220 e. The van der Waals surface area contributed by atoms with Gasteiger partial charge in [-0.25, -0.2) is 14.8 Å². The van der Waals surface area contributed by atoms with Gasteiger partial charge in [-0.3, -0.25) is 19.7 Å². The Morgan fingerprint density at radius 1 is 1.22 bits per heavy atom. The van der Waals surface area contributed by atoms with Crippen molar-refractivity contribution in [2.45, 2.75) is 88.8 Å². The molecule has 1 aromatic rings. The summed E-state index contributed by atoms with van der Waals surface area (Å²) in [6, 6.07) is 2.15. The second-order valence-corrected chi connectivity index (χ2v) is 14.6. The van der Waals surface area contributed by atoms with E-state index in [0.717, 1.165) is 73.1 Å².